The molecule has 0 aliphatic carbocycles. The first kappa shape index (κ1) is 19.6. The third-order valence-electron chi connectivity index (χ3n) is 4.06. The van der Waals surface area contributed by atoms with Crippen molar-refractivity contribution in [1.82, 2.24) is 38.2 Å². The third-order valence-corrected chi connectivity index (χ3v) is 4.06. The number of hydrogen-bond acceptors (Lipinski definition) is 6. The van der Waals surface area contributed by atoms with Crippen LogP contribution in [-0.2, 0) is 28.2 Å². The van der Waals surface area contributed by atoms with Crippen LogP contribution in [0.25, 0.3) is 22.3 Å². The van der Waals surface area contributed by atoms with Gasteiger partial charge in [-0.05, 0) is 0 Å². The summed E-state index contributed by atoms with van der Waals surface area (Å²) in [6.07, 6.45) is 2.79. The fourth-order valence-corrected chi connectivity index (χ4v) is 2.54. The van der Waals surface area contributed by atoms with Gasteiger partial charge in [-0.1, -0.05) is 0 Å². The van der Waals surface area contributed by atoms with Gasteiger partial charge in [-0.3, -0.25) is 27.9 Å². The first-order valence-electron chi connectivity index (χ1n) is 7.44. The fraction of sp³-hybridized carbons (Fsp3) is 0.286. The van der Waals surface area contributed by atoms with Crippen LogP contribution in [0.5, 0.6) is 0 Å². The van der Waals surface area contributed by atoms with Gasteiger partial charge in [-0.25, -0.2) is 19.6 Å². The molecule has 0 spiro atoms. The number of aryl methyl sites for hydroxylation is 2. The van der Waals surface area contributed by atoms with Crippen LogP contribution in [0, 0.1) is 0 Å². The van der Waals surface area contributed by atoms with E-state index in [0.717, 1.165) is 9.13 Å². The van der Waals surface area contributed by atoms with Gasteiger partial charge in [0.1, 0.15) is 11.0 Å². The Morgan fingerprint density at radius 1 is 0.667 bits per heavy atom. The van der Waals surface area contributed by atoms with Gasteiger partial charge < -0.3 is 15.4 Å². The summed E-state index contributed by atoms with van der Waals surface area (Å²) >= 11 is 0. The highest BCUT2D eigenvalue weighted by Crippen LogP contribution is 1.98. The largest absolute Gasteiger partial charge is 0.412 e. The number of H-pyrrole nitrogens is 2. The zero-order valence-electron chi connectivity index (χ0n) is 15.0. The number of aromatic amines is 2. The zero-order chi connectivity index (χ0) is 19.2. The van der Waals surface area contributed by atoms with Crippen molar-refractivity contribution in [3.63, 3.8) is 0 Å². The molecule has 0 aliphatic heterocycles. The van der Waals surface area contributed by atoms with E-state index in [4.69, 9.17) is 0 Å². The van der Waals surface area contributed by atoms with E-state index in [2.05, 4.69) is 19.9 Å². The molecule has 0 radical (unpaired) electrons. The molecule has 0 aromatic carbocycles. The van der Waals surface area contributed by atoms with Crippen LogP contribution in [0.3, 0.4) is 0 Å². The van der Waals surface area contributed by atoms with Gasteiger partial charge >= 0.3 is 11.4 Å². The highest BCUT2D eigenvalue weighted by molar-refractivity contribution is 5.69. The van der Waals surface area contributed by atoms with Crippen LogP contribution in [0.1, 0.15) is 0 Å². The van der Waals surface area contributed by atoms with Crippen molar-refractivity contribution in [1.29, 1.82) is 0 Å². The Morgan fingerprint density at radius 2 is 1.00 bits per heavy atom. The molecule has 4 N–H and O–H groups in total. The summed E-state index contributed by atoms with van der Waals surface area (Å²) in [5.41, 5.74) is 0.0239. The number of hydrogen-bond donors (Lipinski definition) is 2. The van der Waals surface area contributed by atoms with Gasteiger partial charge in [0.25, 0.3) is 11.1 Å². The summed E-state index contributed by atoms with van der Waals surface area (Å²) in [5, 5.41) is 0. The van der Waals surface area contributed by atoms with Crippen molar-refractivity contribution in [2.75, 3.05) is 0 Å². The molecule has 0 fully saturated rings. The minimum Gasteiger partial charge on any atom is -0.412 e. The van der Waals surface area contributed by atoms with Gasteiger partial charge in [0.15, 0.2) is 11.3 Å². The average Bonchev–Trinajstić information content (AvgIpc) is 3.31. The Balaban J connectivity index is 0.000000187. The van der Waals surface area contributed by atoms with E-state index in [-0.39, 0.29) is 28.0 Å². The van der Waals surface area contributed by atoms with Gasteiger partial charge in [-0.15, -0.1) is 0 Å². The molecular weight excluding hydrogens is 360 g/mol. The summed E-state index contributed by atoms with van der Waals surface area (Å²) in [6.45, 7) is 0. The molecule has 13 nitrogen and oxygen atoms in total. The third kappa shape index (κ3) is 2.89. The first-order valence-corrected chi connectivity index (χ1v) is 7.44. The van der Waals surface area contributed by atoms with E-state index in [1.807, 2.05) is 0 Å². The summed E-state index contributed by atoms with van der Waals surface area (Å²) in [7, 11) is 6.02. The molecule has 0 saturated carbocycles. The van der Waals surface area contributed by atoms with E-state index >= 15 is 0 Å². The van der Waals surface area contributed by atoms with Crippen molar-refractivity contribution in [2.24, 2.45) is 28.2 Å². The van der Waals surface area contributed by atoms with E-state index in [1.54, 1.807) is 14.1 Å². The fourth-order valence-electron chi connectivity index (χ4n) is 2.54. The van der Waals surface area contributed by atoms with Crippen molar-refractivity contribution in [2.45, 2.75) is 0 Å². The summed E-state index contributed by atoms with van der Waals surface area (Å²) < 4.78 is 4.74. The molecule has 0 aliphatic rings. The van der Waals surface area contributed by atoms with Crippen molar-refractivity contribution >= 4 is 22.3 Å². The smallest absolute Gasteiger partial charge is 0.332 e. The number of nitrogens with zero attached hydrogens (tertiary/aromatic N) is 6. The van der Waals surface area contributed by atoms with Crippen LogP contribution in [0.2, 0.25) is 0 Å². The minimum absolute atomic E-state index is 0. The standard InChI is InChI=1S/2C7H8N4O2.H2O/c2*1-10-5-4(8-3-9-5)6(12)11(2)7(10)13;/h2*3H,1-2H3,(H,8,9);1H2. The molecule has 0 atom stereocenters. The Labute approximate surface area is 149 Å². The predicted molar refractivity (Wildman–Crippen MR) is 96.8 cm³/mol. The van der Waals surface area contributed by atoms with E-state index < -0.39 is 0 Å². The monoisotopic (exact) mass is 378 g/mol. The van der Waals surface area contributed by atoms with Crippen LogP contribution >= 0.6 is 0 Å². The van der Waals surface area contributed by atoms with Gasteiger partial charge in [-0.2, -0.15) is 0 Å². The average molecular weight is 378 g/mol. The molecule has 4 rings (SSSR count). The maximum Gasteiger partial charge on any atom is 0.332 e. The van der Waals surface area contributed by atoms with Gasteiger partial charge in [0.2, 0.25) is 0 Å². The number of rotatable bonds is 0. The molecule has 0 saturated heterocycles. The number of imidazole rings is 2. The molecule has 4 aromatic rings. The lowest BCUT2D eigenvalue weighted by Gasteiger charge is -2.00. The second-order valence-corrected chi connectivity index (χ2v) is 5.61. The molecule has 4 heterocycles. The highest BCUT2D eigenvalue weighted by atomic mass is 16.2. The van der Waals surface area contributed by atoms with E-state index in [9.17, 15) is 19.2 Å². The second-order valence-electron chi connectivity index (χ2n) is 5.61. The van der Waals surface area contributed by atoms with Gasteiger partial charge in [0, 0.05) is 28.2 Å². The predicted octanol–water partition coefficient (Wildman–Crippen LogP) is -2.90. The van der Waals surface area contributed by atoms with Crippen molar-refractivity contribution in [3.8, 4) is 0 Å². The minimum atomic E-state index is -0.371. The Kier molecular flexibility index (Phi) is 4.99. The lowest BCUT2D eigenvalue weighted by molar-refractivity contribution is 0.709. The number of aromatic nitrogens is 8. The summed E-state index contributed by atoms with van der Waals surface area (Å²) in [5.74, 6) is 0. The molecule has 0 amide bonds. The van der Waals surface area contributed by atoms with E-state index in [1.165, 1.54) is 35.9 Å². The van der Waals surface area contributed by atoms with Crippen LogP contribution in [0.4, 0.5) is 0 Å². The Hall–Kier alpha value is -3.74. The molecule has 0 bridgehead atoms. The van der Waals surface area contributed by atoms with Crippen molar-refractivity contribution < 1.29 is 5.48 Å². The normalized spacial score (nSPS) is 10.5. The number of fused-ring (bicyclic) bond motifs is 2. The molecular formula is C14H18N8O5. The quantitative estimate of drug-likeness (QED) is 0.331. The van der Waals surface area contributed by atoms with Crippen LogP contribution in [0.15, 0.2) is 31.8 Å². The molecule has 0 unspecified atom stereocenters. The summed E-state index contributed by atoms with van der Waals surface area (Å²) in [6, 6.07) is 0. The Morgan fingerprint density at radius 3 is 1.33 bits per heavy atom. The molecule has 4 aromatic heterocycles. The highest BCUT2D eigenvalue weighted by Gasteiger charge is 2.09. The van der Waals surface area contributed by atoms with Crippen LogP contribution < -0.4 is 22.5 Å². The second kappa shape index (κ2) is 6.87. The Bertz CT molecular complexity index is 1260. The summed E-state index contributed by atoms with van der Waals surface area (Å²) in [4.78, 5) is 58.8. The van der Waals surface area contributed by atoms with Gasteiger partial charge in [0.05, 0.1) is 12.7 Å². The lowest BCUT2D eigenvalue weighted by atomic mass is 10.5. The number of nitrogens with one attached hydrogen (secondary N) is 2. The zero-order valence-corrected chi connectivity index (χ0v) is 15.0. The molecule has 27 heavy (non-hydrogen) atoms. The SMILES string of the molecule is Cn1c(=O)c2[nH]cnc2n(C)c1=O.Cn1c(=O)c2[nH]cnc2n(C)c1=O.O. The van der Waals surface area contributed by atoms with Crippen LogP contribution in [-0.4, -0.2) is 43.7 Å². The maximum absolute atomic E-state index is 11.4. The van der Waals surface area contributed by atoms with E-state index in [0.29, 0.717) is 22.3 Å². The van der Waals surface area contributed by atoms with Crippen molar-refractivity contribution in [3.05, 3.63) is 54.3 Å². The molecule has 144 valence electrons. The molecule has 13 heteroatoms. The first-order chi connectivity index (χ1) is 12.3. The maximum atomic E-state index is 11.4. The lowest BCUT2D eigenvalue weighted by Crippen LogP contribution is -2.36. The topological polar surface area (TPSA) is 177 Å².